The summed E-state index contributed by atoms with van der Waals surface area (Å²) < 4.78 is 26.5. The van der Waals surface area contributed by atoms with Crippen molar-refractivity contribution >= 4 is 27.6 Å². The number of fused-ring (bicyclic) bond motifs is 3. The summed E-state index contributed by atoms with van der Waals surface area (Å²) in [6, 6.07) is 24.7. The summed E-state index contributed by atoms with van der Waals surface area (Å²) in [7, 11) is 2.10. The van der Waals surface area contributed by atoms with Gasteiger partial charge in [-0.1, -0.05) is 42.5 Å². The number of anilines is 1. The van der Waals surface area contributed by atoms with Crippen molar-refractivity contribution in [3.05, 3.63) is 103 Å². The summed E-state index contributed by atoms with van der Waals surface area (Å²) in [4.78, 5) is 11.2. The molecule has 0 atom stereocenters. The first-order valence-corrected chi connectivity index (χ1v) is 17.1. The van der Waals surface area contributed by atoms with Crippen LogP contribution in [0.25, 0.3) is 32.9 Å². The van der Waals surface area contributed by atoms with Gasteiger partial charge in [-0.25, -0.2) is 4.98 Å². The fourth-order valence-electron chi connectivity index (χ4n) is 6.80. The van der Waals surface area contributed by atoms with Crippen LogP contribution in [0.3, 0.4) is 0 Å². The molecule has 10 heteroatoms. The molecule has 8 rings (SSSR count). The molecule has 0 bridgehead atoms. The van der Waals surface area contributed by atoms with E-state index in [4.69, 9.17) is 18.9 Å². The summed E-state index contributed by atoms with van der Waals surface area (Å²) in [5.74, 6) is 2.20. The average molecular weight is 657 g/mol. The largest absolute Gasteiger partial charge is 0.489 e. The highest BCUT2D eigenvalue weighted by Gasteiger charge is 2.35. The topological polar surface area (TPSA) is 96.7 Å². The number of rotatable bonds is 12. The minimum Gasteiger partial charge on any atom is -0.489 e. The van der Waals surface area contributed by atoms with Gasteiger partial charge in [0, 0.05) is 85.6 Å². The molecule has 1 aliphatic carbocycles. The number of ether oxygens (including phenoxy) is 4. The van der Waals surface area contributed by atoms with Crippen molar-refractivity contribution < 1.29 is 18.9 Å². The zero-order chi connectivity index (χ0) is 33.0. The van der Waals surface area contributed by atoms with Crippen molar-refractivity contribution in [1.82, 2.24) is 24.7 Å². The van der Waals surface area contributed by atoms with Gasteiger partial charge in [-0.2, -0.15) is 5.10 Å². The van der Waals surface area contributed by atoms with Gasteiger partial charge in [-0.15, -0.1) is 5.10 Å². The van der Waals surface area contributed by atoms with E-state index in [2.05, 4.69) is 79.1 Å². The third kappa shape index (κ3) is 7.06. The predicted molar refractivity (Wildman–Crippen MR) is 189 cm³/mol. The number of piperidine rings is 1. The van der Waals surface area contributed by atoms with Gasteiger partial charge in [0.1, 0.15) is 18.5 Å². The second-order valence-electron chi connectivity index (χ2n) is 12.9. The lowest BCUT2D eigenvalue weighted by Gasteiger charge is -2.39. The molecule has 2 aromatic carbocycles. The van der Waals surface area contributed by atoms with E-state index in [9.17, 15) is 0 Å². The molecule has 2 fully saturated rings. The third-order valence-corrected chi connectivity index (χ3v) is 9.59. The predicted octanol–water partition coefficient (Wildman–Crippen LogP) is 6.77. The molecule has 1 saturated heterocycles. The van der Waals surface area contributed by atoms with Crippen molar-refractivity contribution in [2.24, 2.45) is 7.05 Å². The summed E-state index contributed by atoms with van der Waals surface area (Å²) in [5.41, 5.74) is 5.70. The van der Waals surface area contributed by atoms with E-state index in [1.54, 1.807) is 6.20 Å². The minimum atomic E-state index is 0.131. The highest BCUT2D eigenvalue weighted by atomic mass is 16.5. The standard InChI is InChI=1S/C39H40N6O4/c1-44-36-11-14-40-25-35(36)34-9-7-28(19-37(34)44)29-8-10-39(41-23-29)49-32-20-31(21-32)48-30-12-15-45(16-13-30)38-22-33(24-42-43-38)47-18-17-46-26-27-5-3-2-4-6-27/h2-11,14,19,22-25,30-32H,12-13,15-18,20-21,26H2,1H3. The Bertz CT molecular complexity index is 2000. The average Bonchev–Trinajstić information content (AvgIpc) is 3.42. The summed E-state index contributed by atoms with van der Waals surface area (Å²) in [6.45, 7) is 3.29. The fraction of sp³-hybridized carbons (Fsp3) is 0.333. The highest BCUT2D eigenvalue weighted by molar-refractivity contribution is 6.08. The molecule has 1 saturated carbocycles. The number of benzene rings is 2. The molecule has 0 unspecified atom stereocenters. The molecule has 10 nitrogen and oxygen atoms in total. The lowest BCUT2D eigenvalue weighted by molar-refractivity contribution is -0.102. The van der Waals surface area contributed by atoms with E-state index in [0.29, 0.717) is 31.5 Å². The lowest BCUT2D eigenvalue weighted by atomic mass is 9.91. The molecular formula is C39H40N6O4. The maximum atomic E-state index is 6.45. The first kappa shape index (κ1) is 31.2. The Labute approximate surface area is 285 Å². The van der Waals surface area contributed by atoms with E-state index in [-0.39, 0.29) is 18.3 Å². The van der Waals surface area contributed by atoms with E-state index >= 15 is 0 Å². The van der Waals surface area contributed by atoms with Gasteiger partial charge in [0.25, 0.3) is 0 Å². The maximum Gasteiger partial charge on any atom is 0.213 e. The Morgan fingerprint density at radius 1 is 0.776 bits per heavy atom. The molecule has 4 aromatic heterocycles. The van der Waals surface area contributed by atoms with Crippen LogP contribution in [0.4, 0.5) is 5.82 Å². The van der Waals surface area contributed by atoms with Crippen LogP contribution in [-0.4, -0.2) is 69.3 Å². The van der Waals surface area contributed by atoms with E-state index < -0.39 is 0 Å². The van der Waals surface area contributed by atoms with Crippen molar-refractivity contribution in [2.75, 3.05) is 31.2 Å². The lowest BCUT2D eigenvalue weighted by Crippen LogP contribution is -2.44. The molecule has 0 amide bonds. The Hall–Kier alpha value is -5.06. The molecule has 5 heterocycles. The number of pyridine rings is 2. The van der Waals surface area contributed by atoms with Crippen LogP contribution in [0, 0.1) is 0 Å². The van der Waals surface area contributed by atoms with Crippen molar-refractivity contribution in [3.8, 4) is 22.8 Å². The normalized spacial score (nSPS) is 18.1. The van der Waals surface area contributed by atoms with Crippen LogP contribution in [0.5, 0.6) is 11.6 Å². The molecule has 1 aliphatic heterocycles. The molecule has 250 valence electrons. The molecule has 0 N–H and O–H groups in total. The van der Waals surface area contributed by atoms with Crippen LogP contribution >= 0.6 is 0 Å². The second-order valence-corrected chi connectivity index (χ2v) is 12.9. The van der Waals surface area contributed by atoms with Crippen molar-refractivity contribution in [1.29, 1.82) is 0 Å². The van der Waals surface area contributed by atoms with Gasteiger partial charge in [-0.3, -0.25) is 4.98 Å². The van der Waals surface area contributed by atoms with Gasteiger partial charge in [0.15, 0.2) is 5.82 Å². The molecule has 0 spiro atoms. The Kier molecular flexibility index (Phi) is 9.05. The zero-order valence-electron chi connectivity index (χ0n) is 27.6. The number of nitrogens with zero attached hydrogens (tertiary/aromatic N) is 6. The first-order chi connectivity index (χ1) is 24.2. The second kappa shape index (κ2) is 14.2. The minimum absolute atomic E-state index is 0.131. The highest BCUT2D eigenvalue weighted by Crippen LogP contribution is 2.33. The zero-order valence-corrected chi connectivity index (χ0v) is 27.6. The number of aromatic nitrogens is 5. The van der Waals surface area contributed by atoms with Gasteiger partial charge in [0.2, 0.25) is 5.88 Å². The summed E-state index contributed by atoms with van der Waals surface area (Å²) >= 11 is 0. The molecule has 6 aromatic rings. The maximum absolute atomic E-state index is 6.45. The fourth-order valence-corrected chi connectivity index (χ4v) is 6.80. The molecule has 0 radical (unpaired) electrons. The Balaban J connectivity index is 0.760. The third-order valence-electron chi connectivity index (χ3n) is 9.59. The van der Waals surface area contributed by atoms with Crippen LogP contribution < -0.4 is 14.4 Å². The van der Waals surface area contributed by atoms with E-state index in [1.165, 1.54) is 21.8 Å². The van der Waals surface area contributed by atoms with Crippen LogP contribution in [-0.2, 0) is 23.1 Å². The molecular weight excluding hydrogens is 616 g/mol. The summed E-state index contributed by atoms with van der Waals surface area (Å²) in [5, 5.41) is 10.9. The number of aryl methyl sites for hydroxylation is 1. The molecule has 2 aliphatic rings. The first-order valence-electron chi connectivity index (χ1n) is 17.1. The van der Waals surface area contributed by atoms with Gasteiger partial charge >= 0.3 is 0 Å². The smallest absolute Gasteiger partial charge is 0.213 e. The SMILES string of the molecule is Cn1c2ccncc2c2ccc(-c3ccc(OC4CC(OC5CCN(c6cc(OCCOCc7ccccc7)cnn6)CC5)C4)nc3)cc21. The van der Waals surface area contributed by atoms with Crippen LogP contribution in [0.2, 0.25) is 0 Å². The van der Waals surface area contributed by atoms with Crippen LogP contribution in [0.15, 0.2) is 97.6 Å². The van der Waals surface area contributed by atoms with E-state index in [1.807, 2.05) is 48.9 Å². The summed E-state index contributed by atoms with van der Waals surface area (Å²) in [6.07, 6.45) is 11.6. The van der Waals surface area contributed by atoms with Gasteiger partial charge in [0.05, 0.1) is 37.1 Å². The van der Waals surface area contributed by atoms with E-state index in [0.717, 1.165) is 61.3 Å². The van der Waals surface area contributed by atoms with Gasteiger partial charge < -0.3 is 28.4 Å². The van der Waals surface area contributed by atoms with Crippen molar-refractivity contribution in [2.45, 2.75) is 50.6 Å². The van der Waals surface area contributed by atoms with Crippen LogP contribution in [0.1, 0.15) is 31.2 Å². The van der Waals surface area contributed by atoms with Gasteiger partial charge in [-0.05, 0) is 42.2 Å². The quantitative estimate of drug-likeness (QED) is 0.132. The number of hydrogen-bond donors (Lipinski definition) is 0. The number of hydrogen-bond acceptors (Lipinski definition) is 9. The Morgan fingerprint density at radius 2 is 1.63 bits per heavy atom. The van der Waals surface area contributed by atoms with Crippen molar-refractivity contribution in [3.63, 3.8) is 0 Å². The molecule has 49 heavy (non-hydrogen) atoms. The monoisotopic (exact) mass is 656 g/mol. The Morgan fingerprint density at radius 3 is 2.47 bits per heavy atom.